The molecule has 0 aromatic rings. The minimum atomic E-state index is 0.758. The lowest BCUT2D eigenvalue weighted by atomic mass is 9.82. The van der Waals surface area contributed by atoms with Gasteiger partial charge in [-0.1, -0.05) is 26.7 Å². The molecule has 0 aromatic carbocycles. The summed E-state index contributed by atoms with van der Waals surface area (Å²) in [6.45, 7) is 4.62. The van der Waals surface area contributed by atoms with Crippen molar-refractivity contribution in [3.8, 4) is 0 Å². The molecule has 2 heterocycles. The first kappa shape index (κ1) is 13.4. The number of hydrogen-bond acceptors (Lipinski definition) is 2. The van der Waals surface area contributed by atoms with E-state index in [0.717, 1.165) is 24.2 Å². The normalized spacial score (nSPS) is 35.8. The average Bonchev–Trinajstić information content (AvgIpc) is 2.29. The van der Waals surface area contributed by atoms with Gasteiger partial charge in [-0.2, -0.15) is 0 Å². The van der Waals surface area contributed by atoms with Crippen molar-refractivity contribution in [3.05, 3.63) is 0 Å². The van der Waals surface area contributed by atoms with Crippen molar-refractivity contribution in [2.75, 3.05) is 7.05 Å². The molecule has 17 heavy (non-hydrogen) atoms. The Morgan fingerprint density at radius 2 is 1.82 bits per heavy atom. The first-order chi connectivity index (χ1) is 8.24. The van der Waals surface area contributed by atoms with Crippen LogP contribution in [0.25, 0.3) is 0 Å². The van der Waals surface area contributed by atoms with Gasteiger partial charge in [0.05, 0.1) is 0 Å². The van der Waals surface area contributed by atoms with Crippen molar-refractivity contribution < 1.29 is 0 Å². The van der Waals surface area contributed by atoms with Gasteiger partial charge in [-0.25, -0.2) is 0 Å². The Morgan fingerprint density at radius 1 is 1.18 bits per heavy atom. The van der Waals surface area contributed by atoms with Gasteiger partial charge in [-0.15, -0.1) is 0 Å². The van der Waals surface area contributed by atoms with E-state index in [1.807, 2.05) is 0 Å². The summed E-state index contributed by atoms with van der Waals surface area (Å²) in [5, 5.41) is 3.93. The summed E-state index contributed by atoms with van der Waals surface area (Å²) in [5.41, 5.74) is 0. The van der Waals surface area contributed by atoms with Crippen molar-refractivity contribution in [1.82, 2.24) is 10.2 Å². The highest BCUT2D eigenvalue weighted by Crippen LogP contribution is 2.32. The lowest BCUT2D eigenvalue weighted by Crippen LogP contribution is -2.55. The Hall–Kier alpha value is -0.0800. The van der Waals surface area contributed by atoms with Gasteiger partial charge in [-0.3, -0.25) is 0 Å². The number of nitrogens with one attached hydrogen (secondary N) is 1. The van der Waals surface area contributed by atoms with Gasteiger partial charge < -0.3 is 10.2 Å². The predicted octanol–water partition coefficient (Wildman–Crippen LogP) is 3.17. The van der Waals surface area contributed by atoms with Crippen LogP contribution < -0.4 is 5.32 Å². The number of piperidine rings is 2. The molecule has 3 atom stereocenters. The van der Waals surface area contributed by atoms with Crippen LogP contribution in [0.4, 0.5) is 0 Å². The quantitative estimate of drug-likeness (QED) is 0.791. The zero-order valence-electron chi connectivity index (χ0n) is 11.9. The second-order valence-electron chi connectivity index (χ2n) is 6.13. The molecule has 1 N–H and O–H groups in total. The van der Waals surface area contributed by atoms with Crippen molar-refractivity contribution in [2.45, 2.75) is 89.4 Å². The Balaban J connectivity index is 1.86. The van der Waals surface area contributed by atoms with Crippen molar-refractivity contribution in [1.29, 1.82) is 0 Å². The molecule has 2 nitrogen and oxygen atoms in total. The molecule has 2 rings (SSSR count). The van der Waals surface area contributed by atoms with E-state index >= 15 is 0 Å². The molecule has 2 aliphatic rings. The van der Waals surface area contributed by atoms with Crippen LogP contribution in [0.15, 0.2) is 0 Å². The smallest absolute Gasteiger partial charge is 0.0110 e. The Labute approximate surface area is 107 Å². The molecule has 0 aromatic heterocycles. The van der Waals surface area contributed by atoms with Crippen LogP contribution in [0.3, 0.4) is 0 Å². The molecule has 0 radical (unpaired) electrons. The molecule has 0 aliphatic carbocycles. The third kappa shape index (κ3) is 3.23. The molecule has 0 amide bonds. The van der Waals surface area contributed by atoms with Crippen LogP contribution in [0.1, 0.15) is 65.2 Å². The summed E-state index contributed by atoms with van der Waals surface area (Å²) in [6.07, 6.45) is 11.0. The van der Waals surface area contributed by atoms with Gasteiger partial charge in [0.2, 0.25) is 0 Å². The van der Waals surface area contributed by atoms with Crippen LogP contribution in [-0.2, 0) is 0 Å². The van der Waals surface area contributed by atoms with Crippen LogP contribution in [-0.4, -0.2) is 36.1 Å². The monoisotopic (exact) mass is 238 g/mol. The maximum atomic E-state index is 3.93. The molecular weight excluding hydrogens is 208 g/mol. The molecule has 100 valence electrons. The Kier molecular flexibility index (Phi) is 4.87. The third-order valence-electron chi connectivity index (χ3n) is 4.94. The topological polar surface area (TPSA) is 15.3 Å². The number of nitrogens with zero attached hydrogens (tertiary/aromatic N) is 1. The van der Waals surface area contributed by atoms with Gasteiger partial charge in [0.1, 0.15) is 0 Å². The molecule has 2 saturated heterocycles. The van der Waals surface area contributed by atoms with E-state index in [9.17, 15) is 0 Å². The van der Waals surface area contributed by atoms with Gasteiger partial charge in [0.15, 0.2) is 0 Å². The standard InChI is InChI=1S/C15H30N2/c1-4-7-12(5-2)16-13-10-14-8-6-9-15(11-13)17(14)3/h12-16H,4-11H2,1-3H3. The summed E-state index contributed by atoms with van der Waals surface area (Å²) in [5.74, 6) is 0. The number of fused-ring (bicyclic) bond motifs is 2. The lowest BCUT2D eigenvalue weighted by Gasteiger charge is -2.48. The second-order valence-corrected chi connectivity index (χ2v) is 6.13. The van der Waals surface area contributed by atoms with Crippen molar-refractivity contribution in [3.63, 3.8) is 0 Å². The Morgan fingerprint density at radius 3 is 2.35 bits per heavy atom. The van der Waals surface area contributed by atoms with E-state index in [1.165, 1.54) is 51.4 Å². The molecule has 2 fully saturated rings. The highest BCUT2D eigenvalue weighted by atomic mass is 15.2. The third-order valence-corrected chi connectivity index (χ3v) is 4.94. The van der Waals surface area contributed by atoms with Gasteiger partial charge in [-0.05, 0) is 45.6 Å². The molecule has 2 aliphatic heterocycles. The van der Waals surface area contributed by atoms with Crippen LogP contribution in [0, 0.1) is 0 Å². The van der Waals surface area contributed by atoms with Crippen molar-refractivity contribution in [2.24, 2.45) is 0 Å². The van der Waals surface area contributed by atoms with E-state index in [4.69, 9.17) is 0 Å². The largest absolute Gasteiger partial charge is 0.311 e. The maximum absolute atomic E-state index is 3.93. The van der Waals surface area contributed by atoms with E-state index < -0.39 is 0 Å². The highest BCUT2D eigenvalue weighted by Gasteiger charge is 2.36. The van der Waals surface area contributed by atoms with Gasteiger partial charge in [0, 0.05) is 24.2 Å². The zero-order chi connectivity index (χ0) is 12.3. The van der Waals surface area contributed by atoms with Gasteiger partial charge in [0.25, 0.3) is 0 Å². The summed E-state index contributed by atoms with van der Waals surface area (Å²) in [6, 6.07) is 3.27. The summed E-state index contributed by atoms with van der Waals surface area (Å²) in [7, 11) is 2.34. The SMILES string of the molecule is CCCC(CC)NC1CC2CCCC(C1)N2C. The van der Waals surface area contributed by atoms with Crippen LogP contribution >= 0.6 is 0 Å². The zero-order valence-corrected chi connectivity index (χ0v) is 11.9. The van der Waals surface area contributed by atoms with Gasteiger partial charge >= 0.3 is 0 Å². The fraction of sp³-hybridized carbons (Fsp3) is 1.00. The fourth-order valence-electron chi connectivity index (χ4n) is 3.84. The minimum absolute atomic E-state index is 0.758. The molecule has 3 unspecified atom stereocenters. The second kappa shape index (κ2) is 6.19. The first-order valence-electron chi connectivity index (χ1n) is 7.72. The van der Waals surface area contributed by atoms with Crippen molar-refractivity contribution >= 4 is 0 Å². The lowest BCUT2D eigenvalue weighted by molar-refractivity contribution is 0.0453. The van der Waals surface area contributed by atoms with E-state index in [1.54, 1.807) is 0 Å². The van der Waals surface area contributed by atoms with E-state index in [2.05, 4.69) is 31.1 Å². The molecule has 0 saturated carbocycles. The average molecular weight is 238 g/mol. The summed E-state index contributed by atoms with van der Waals surface area (Å²) in [4.78, 5) is 2.66. The van der Waals surface area contributed by atoms with E-state index in [-0.39, 0.29) is 0 Å². The highest BCUT2D eigenvalue weighted by molar-refractivity contribution is 4.94. The summed E-state index contributed by atoms with van der Waals surface area (Å²) < 4.78 is 0. The molecule has 2 heteroatoms. The van der Waals surface area contributed by atoms with E-state index in [0.29, 0.717) is 0 Å². The predicted molar refractivity (Wildman–Crippen MR) is 74.3 cm³/mol. The van der Waals surface area contributed by atoms with Crippen LogP contribution in [0.5, 0.6) is 0 Å². The minimum Gasteiger partial charge on any atom is -0.311 e. The van der Waals surface area contributed by atoms with Crippen LogP contribution in [0.2, 0.25) is 0 Å². The first-order valence-corrected chi connectivity index (χ1v) is 7.72. The molecular formula is C15H30N2. The maximum Gasteiger partial charge on any atom is 0.0110 e. The molecule has 0 spiro atoms. The Bertz CT molecular complexity index is 215. The fourth-order valence-corrected chi connectivity index (χ4v) is 3.84. The number of rotatable bonds is 5. The molecule has 2 bridgehead atoms. The number of hydrogen-bond donors (Lipinski definition) is 1. The summed E-state index contributed by atoms with van der Waals surface area (Å²) >= 11 is 0.